The van der Waals surface area contributed by atoms with Crippen molar-refractivity contribution in [1.82, 2.24) is 19.8 Å². The van der Waals surface area contributed by atoms with Crippen LogP contribution in [0.2, 0.25) is 10.0 Å². The van der Waals surface area contributed by atoms with E-state index in [0.717, 1.165) is 36.3 Å². The first-order valence-electron chi connectivity index (χ1n) is 12.7. The average Bonchev–Trinajstić information content (AvgIpc) is 3.79. The molecule has 1 saturated carbocycles. The zero-order valence-corrected chi connectivity index (χ0v) is 22.6. The number of rotatable bonds is 7. The summed E-state index contributed by atoms with van der Waals surface area (Å²) in [6, 6.07) is 13.4. The minimum atomic E-state index is -0.508. The zero-order chi connectivity index (χ0) is 26.6. The average molecular weight is 554 g/mol. The molecule has 1 aromatic heterocycles. The van der Waals surface area contributed by atoms with Crippen molar-refractivity contribution in [2.24, 2.45) is 0 Å². The number of piperidine rings is 1. The van der Waals surface area contributed by atoms with E-state index >= 15 is 0 Å². The van der Waals surface area contributed by atoms with Gasteiger partial charge in [-0.2, -0.15) is 0 Å². The lowest BCUT2D eigenvalue weighted by Gasteiger charge is -2.38. The van der Waals surface area contributed by atoms with Crippen molar-refractivity contribution in [2.45, 2.75) is 44.3 Å². The molecule has 8 nitrogen and oxygen atoms in total. The normalized spacial score (nSPS) is 15.9. The zero-order valence-electron chi connectivity index (χ0n) is 21.1. The molecule has 1 N–H and O–H groups in total. The van der Waals surface area contributed by atoms with Gasteiger partial charge in [0.1, 0.15) is 0 Å². The summed E-state index contributed by atoms with van der Waals surface area (Å²) in [4.78, 5) is 38.1. The Hall–Kier alpha value is -3.20. The third-order valence-electron chi connectivity index (χ3n) is 7.07. The maximum atomic E-state index is 13.0. The van der Waals surface area contributed by atoms with Gasteiger partial charge in [-0.1, -0.05) is 35.3 Å². The second-order valence-electron chi connectivity index (χ2n) is 9.64. The number of amides is 2. The highest BCUT2D eigenvalue weighted by atomic mass is 35.5. The SMILES string of the molecule is COC(=O)Nc1ccc(-c2cnc(CN(C3CC3)C3CCN(C(=O)c4ccc(Cl)c(Cl)c4)CC3)cn2)cc1. The lowest BCUT2D eigenvalue weighted by molar-refractivity contribution is 0.0592. The molecule has 2 aromatic carbocycles. The van der Waals surface area contributed by atoms with E-state index in [2.05, 4.69) is 19.9 Å². The van der Waals surface area contributed by atoms with Crippen LogP contribution in [0.1, 0.15) is 41.7 Å². The quantitative estimate of drug-likeness (QED) is 0.392. The van der Waals surface area contributed by atoms with Gasteiger partial charge in [0.25, 0.3) is 5.91 Å². The van der Waals surface area contributed by atoms with Crippen molar-refractivity contribution >= 4 is 40.9 Å². The first-order valence-corrected chi connectivity index (χ1v) is 13.4. The molecular formula is C28H29Cl2N5O3. The summed E-state index contributed by atoms with van der Waals surface area (Å²) in [6.07, 6.45) is 7.35. The number of anilines is 1. The van der Waals surface area contributed by atoms with Crippen molar-refractivity contribution in [3.05, 3.63) is 76.2 Å². The Kier molecular flexibility index (Phi) is 8.12. The molecule has 10 heteroatoms. The fourth-order valence-electron chi connectivity index (χ4n) is 4.84. The van der Waals surface area contributed by atoms with Gasteiger partial charge in [-0.3, -0.25) is 25.0 Å². The minimum Gasteiger partial charge on any atom is -0.453 e. The molecule has 0 bridgehead atoms. The van der Waals surface area contributed by atoms with Crippen LogP contribution in [0.25, 0.3) is 11.3 Å². The molecule has 1 aliphatic heterocycles. The summed E-state index contributed by atoms with van der Waals surface area (Å²) in [6.45, 7) is 2.15. The topological polar surface area (TPSA) is 87.7 Å². The summed E-state index contributed by atoms with van der Waals surface area (Å²) in [5.74, 6) is -0.00412. The van der Waals surface area contributed by atoms with Crippen molar-refractivity contribution in [3.63, 3.8) is 0 Å². The Morgan fingerprint density at radius 2 is 1.68 bits per heavy atom. The lowest BCUT2D eigenvalue weighted by atomic mass is 10.0. The Balaban J connectivity index is 1.18. The van der Waals surface area contributed by atoms with E-state index in [-0.39, 0.29) is 5.91 Å². The van der Waals surface area contributed by atoms with E-state index < -0.39 is 6.09 Å². The van der Waals surface area contributed by atoms with Crippen LogP contribution in [-0.2, 0) is 11.3 Å². The number of halogens is 2. The molecule has 0 atom stereocenters. The molecule has 5 rings (SSSR count). The van der Waals surface area contributed by atoms with E-state index in [1.54, 1.807) is 36.5 Å². The first-order chi connectivity index (χ1) is 18.4. The number of methoxy groups -OCH3 is 1. The number of ether oxygens (including phenoxy) is 1. The largest absolute Gasteiger partial charge is 0.453 e. The van der Waals surface area contributed by atoms with Crippen LogP contribution in [0.4, 0.5) is 10.5 Å². The van der Waals surface area contributed by atoms with E-state index in [9.17, 15) is 9.59 Å². The van der Waals surface area contributed by atoms with Gasteiger partial charge in [0.15, 0.2) is 0 Å². The molecule has 2 fully saturated rings. The van der Waals surface area contributed by atoms with Crippen molar-refractivity contribution in [1.29, 1.82) is 0 Å². The van der Waals surface area contributed by atoms with Gasteiger partial charge in [0, 0.05) is 48.5 Å². The minimum absolute atomic E-state index is 0.00412. The van der Waals surface area contributed by atoms with E-state index in [1.807, 2.05) is 23.2 Å². The second-order valence-corrected chi connectivity index (χ2v) is 10.5. The van der Waals surface area contributed by atoms with Crippen LogP contribution in [-0.4, -0.2) is 64.1 Å². The number of nitrogens with one attached hydrogen (secondary N) is 1. The smallest absolute Gasteiger partial charge is 0.411 e. The van der Waals surface area contributed by atoms with E-state index in [0.29, 0.717) is 46.5 Å². The van der Waals surface area contributed by atoms with Crippen LogP contribution in [0.3, 0.4) is 0 Å². The summed E-state index contributed by atoms with van der Waals surface area (Å²) in [5.41, 5.74) is 3.83. The molecule has 1 saturated heterocycles. The molecular weight excluding hydrogens is 525 g/mol. The summed E-state index contributed by atoms with van der Waals surface area (Å²) < 4.78 is 4.62. The van der Waals surface area contributed by atoms with Gasteiger partial charge in [0.2, 0.25) is 0 Å². The van der Waals surface area contributed by atoms with Gasteiger partial charge >= 0.3 is 6.09 Å². The predicted molar refractivity (Wildman–Crippen MR) is 147 cm³/mol. The maximum Gasteiger partial charge on any atom is 0.411 e. The highest BCUT2D eigenvalue weighted by Gasteiger charge is 2.36. The molecule has 38 heavy (non-hydrogen) atoms. The number of benzene rings is 2. The number of nitrogens with zero attached hydrogens (tertiary/aromatic N) is 4. The number of carbonyl (C=O) groups is 2. The molecule has 2 amide bonds. The van der Waals surface area contributed by atoms with Crippen molar-refractivity contribution in [2.75, 3.05) is 25.5 Å². The fourth-order valence-corrected chi connectivity index (χ4v) is 5.14. The Morgan fingerprint density at radius 3 is 2.29 bits per heavy atom. The number of aromatic nitrogens is 2. The molecule has 0 spiro atoms. The molecule has 2 aliphatic rings. The van der Waals surface area contributed by atoms with Crippen LogP contribution in [0.15, 0.2) is 54.9 Å². The first kappa shape index (κ1) is 26.4. The number of likely N-dealkylation sites (tertiary alicyclic amines) is 1. The van der Waals surface area contributed by atoms with Crippen LogP contribution < -0.4 is 5.32 Å². The monoisotopic (exact) mass is 553 g/mol. The van der Waals surface area contributed by atoms with Gasteiger partial charge in [0.05, 0.1) is 40.9 Å². The second kappa shape index (κ2) is 11.7. The van der Waals surface area contributed by atoms with Crippen LogP contribution >= 0.6 is 23.2 Å². The molecule has 1 aliphatic carbocycles. The third kappa shape index (κ3) is 6.26. The van der Waals surface area contributed by atoms with Gasteiger partial charge < -0.3 is 9.64 Å². The number of hydrogen-bond acceptors (Lipinski definition) is 6. The van der Waals surface area contributed by atoms with E-state index in [1.165, 1.54) is 20.0 Å². The Labute approximate surface area is 231 Å². The predicted octanol–water partition coefficient (Wildman–Crippen LogP) is 5.90. The Morgan fingerprint density at radius 1 is 0.974 bits per heavy atom. The van der Waals surface area contributed by atoms with Gasteiger partial charge in [-0.05, 0) is 56.0 Å². The van der Waals surface area contributed by atoms with Crippen LogP contribution in [0.5, 0.6) is 0 Å². The van der Waals surface area contributed by atoms with Gasteiger partial charge in [-0.25, -0.2) is 4.79 Å². The standard InChI is InChI=1S/C28H29Cl2N5O3/c1-38-28(37)33-20-5-2-18(3-6-20)26-16-31-21(15-32-26)17-35(22-7-8-22)23-10-12-34(13-11-23)27(36)19-4-9-24(29)25(30)14-19/h2-6,9,14-16,22-23H,7-8,10-13,17H2,1H3,(H,33,37). The fraction of sp³-hybridized carbons (Fsp3) is 0.357. The third-order valence-corrected chi connectivity index (χ3v) is 7.80. The molecule has 0 radical (unpaired) electrons. The van der Waals surface area contributed by atoms with Crippen LogP contribution in [0, 0.1) is 0 Å². The molecule has 0 unspecified atom stereocenters. The summed E-state index contributed by atoms with van der Waals surface area (Å²) in [7, 11) is 1.33. The molecule has 198 valence electrons. The highest BCUT2D eigenvalue weighted by Crippen LogP contribution is 2.33. The number of carbonyl (C=O) groups excluding carboxylic acids is 2. The highest BCUT2D eigenvalue weighted by molar-refractivity contribution is 6.42. The molecule has 3 aromatic rings. The number of hydrogen-bond donors (Lipinski definition) is 1. The maximum absolute atomic E-state index is 13.0. The van der Waals surface area contributed by atoms with Gasteiger partial charge in [-0.15, -0.1) is 0 Å². The Bertz CT molecular complexity index is 1290. The van der Waals surface area contributed by atoms with E-state index in [4.69, 9.17) is 28.2 Å². The van der Waals surface area contributed by atoms with Crippen molar-refractivity contribution < 1.29 is 14.3 Å². The molecule has 2 heterocycles. The van der Waals surface area contributed by atoms with Crippen molar-refractivity contribution in [3.8, 4) is 11.3 Å². The summed E-state index contributed by atoms with van der Waals surface area (Å²) in [5, 5.41) is 3.48. The lowest BCUT2D eigenvalue weighted by Crippen LogP contribution is -2.47. The summed E-state index contributed by atoms with van der Waals surface area (Å²) >= 11 is 12.1.